The van der Waals surface area contributed by atoms with Crippen molar-refractivity contribution in [1.29, 1.82) is 0 Å². The van der Waals surface area contributed by atoms with E-state index in [0.29, 0.717) is 0 Å². The second-order valence-corrected chi connectivity index (χ2v) is 7.39. The predicted molar refractivity (Wildman–Crippen MR) is 81.6 cm³/mol. The van der Waals surface area contributed by atoms with E-state index in [9.17, 15) is 12.8 Å². The highest BCUT2D eigenvalue weighted by atomic mass is 79.9. The molecule has 1 N–H and O–H groups in total. The van der Waals surface area contributed by atoms with Gasteiger partial charge in [-0.1, -0.05) is 0 Å². The lowest BCUT2D eigenvalue weighted by atomic mass is 10.3. The van der Waals surface area contributed by atoms with E-state index in [1.165, 1.54) is 18.3 Å². The molecule has 0 aliphatic heterocycles. The van der Waals surface area contributed by atoms with E-state index in [0.717, 1.165) is 16.1 Å². The first-order valence-corrected chi connectivity index (χ1v) is 8.46. The fourth-order valence-corrected chi connectivity index (χ4v) is 2.91. The number of nitrogens with one attached hydrogen (secondary N) is 1. The van der Waals surface area contributed by atoms with E-state index in [2.05, 4.69) is 41.6 Å². The summed E-state index contributed by atoms with van der Waals surface area (Å²) in [6, 6.07) is 5.17. The fraction of sp³-hybridized carbons (Fsp3) is 0.0833. The van der Waals surface area contributed by atoms with Crippen LogP contribution in [0.2, 0.25) is 0 Å². The molecule has 0 amide bonds. The first-order chi connectivity index (χ1) is 9.29. The molecule has 0 spiro atoms. The van der Waals surface area contributed by atoms with Crippen molar-refractivity contribution in [1.82, 2.24) is 4.98 Å². The summed E-state index contributed by atoms with van der Waals surface area (Å²) < 4.78 is 40.9. The molecule has 0 unspecified atom stereocenters. The lowest BCUT2D eigenvalue weighted by Crippen LogP contribution is -2.14. The van der Waals surface area contributed by atoms with Crippen molar-refractivity contribution < 1.29 is 12.8 Å². The van der Waals surface area contributed by atoms with Gasteiger partial charge in [-0.05, 0) is 68.6 Å². The monoisotopic (exact) mass is 422 g/mol. The van der Waals surface area contributed by atoms with Gasteiger partial charge in [0.1, 0.15) is 11.6 Å². The molecule has 0 aliphatic rings. The Morgan fingerprint density at radius 3 is 2.50 bits per heavy atom. The fourth-order valence-electron chi connectivity index (χ4n) is 1.44. The maximum absolute atomic E-state index is 13.4. The van der Waals surface area contributed by atoms with Gasteiger partial charge >= 0.3 is 0 Å². The maximum atomic E-state index is 13.4. The Kier molecular flexibility index (Phi) is 4.46. The second-order valence-electron chi connectivity index (χ2n) is 4.00. The Morgan fingerprint density at radius 1 is 1.20 bits per heavy atom. The van der Waals surface area contributed by atoms with E-state index in [4.69, 9.17) is 0 Å². The summed E-state index contributed by atoms with van der Waals surface area (Å²) in [5.41, 5.74) is 0.833. The molecular weight excluding hydrogens is 415 g/mol. The Balaban J connectivity index is 2.35. The number of sulfonamides is 1. The minimum Gasteiger partial charge on any atom is -0.263 e. The largest absolute Gasteiger partial charge is 0.263 e. The maximum Gasteiger partial charge on any atom is 0.263 e. The highest BCUT2D eigenvalue weighted by molar-refractivity contribution is 9.10. The smallest absolute Gasteiger partial charge is 0.263 e. The molecule has 20 heavy (non-hydrogen) atoms. The second kappa shape index (κ2) is 5.79. The van der Waals surface area contributed by atoms with Gasteiger partial charge in [0.05, 0.1) is 9.37 Å². The van der Waals surface area contributed by atoms with E-state index in [1.807, 2.05) is 6.92 Å². The summed E-state index contributed by atoms with van der Waals surface area (Å²) in [7, 11) is -3.87. The lowest BCUT2D eigenvalue weighted by Gasteiger charge is -2.09. The van der Waals surface area contributed by atoms with Crippen LogP contribution in [0.1, 0.15) is 5.56 Å². The number of hydrogen-bond acceptors (Lipinski definition) is 3. The van der Waals surface area contributed by atoms with Gasteiger partial charge < -0.3 is 0 Å². The zero-order chi connectivity index (χ0) is 14.9. The zero-order valence-corrected chi connectivity index (χ0v) is 14.2. The molecule has 8 heteroatoms. The van der Waals surface area contributed by atoms with E-state index in [-0.39, 0.29) is 15.2 Å². The number of hydrogen-bond donors (Lipinski definition) is 1. The number of benzene rings is 1. The van der Waals surface area contributed by atoms with Gasteiger partial charge in [-0.3, -0.25) is 4.72 Å². The number of halogens is 3. The van der Waals surface area contributed by atoms with Crippen LogP contribution in [0.15, 0.2) is 44.3 Å². The van der Waals surface area contributed by atoms with Crippen LogP contribution < -0.4 is 4.72 Å². The molecular formula is C12H9Br2FN2O2S. The van der Waals surface area contributed by atoms with Crippen LogP contribution in [0.3, 0.4) is 0 Å². The predicted octanol–water partition coefficient (Wildman–Crippen LogP) is 3.85. The van der Waals surface area contributed by atoms with E-state index in [1.54, 1.807) is 6.07 Å². The highest BCUT2D eigenvalue weighted by Crippen LogP contribution is 2.22. The van der Waals surface area contributed by atoms with Crippen molar-refractivity contribution in [3.8, 4) is 0 Å². The summed E-state index contributed by atoms with van der Waals surface area (Å²) in [6.07, 6.45) is 1.50. The number of aryl methyl sites for hydroxylation is 1. The highest BCUT2D eigenvalue weighted by Gasteiger charge is 2.17. The molecule has 0 fully saturated rings. The SMILES string of the molecule is Cc1cc(NS(=O)(=O)c2ccc(Br)c(F)c2)ncc1Br. The molecule has 106 valence electrons. The minimum absolute atomic E-state index is 0.166. The zero-order valence-electron chi connectivity index (χ0n) is 10.2. The average molecular weight is 424 g/mol. The van der Waals surface area contributed by atoms with Crippen molar-refractivity contribution >= 4 is 47.7 Å². The Labute approximate surface area is 132 Å². The van der Waals surface area contributed by atoms with Crippen LogP contribution in [-0.4, -0.2) is 13.4 Å². The van der Waals surface area contributed by atoms with Gasteiger partial charge in [0, 0.05) is 10.7 Å². The molecule has 1 aromatic carbocycles. The minimum atomic E-state index is -3.87. The number of nitrogens with zero attached hydrogens (tertiary/aromatic N) is 1. The number of pyridine rings is 1. The first-order valence-electron chi connectivity index (χ1n) is 5.39. The summed E-state index contributed by atoms with van der Waals surface area (Å²) in [4.78, 5) is 3.78. The summed E-state index contributed by atoms with van der Waals surface area (Å²) in [5.74, 6) is -0.471. The summed E-state index contributed by atoms with van der Waals surface area (Å²) in [5, 5.41) is 0. The molecule has 1 heterocycles. The van der Waals surface area contributed by atoms with Crippen LogP contribution >= 0.6 is 31.9 Å². The van der Waals surface area contributed by atoms with Gasteiger partial charge in [0.25, 0.3) is 10.0 Å². The molecule has 2 aromatic rings. The average Bonchev–Trinajstić information content (AvgIpc) is 2.37. The standard InChI is InChI=1S/C12H9Br2FN2O2S/c1-7-4-12(16-6-10(7)14)17-20(18,19)8-2-3-9(13)11(15)5-8/h2-6H,1H3,(H,16,17). The number of anilines is 1. The van der Waals surface area contributed by atoms with Crippen LogP contribution in [0.25, 0.3) is 0 Å². The Hall–Kier alpha value is -0.990. The first kappa shape index (κ1) is 15.4. The van der Waals surface area contributed by atoms with Crippen LogP contribution in [-0.2, 0) is 10.0 Å². The van der Waals surface area contributed by atoms with E-state index < -0.39 is 15.8 Å². The van der Waals surface area contributed by atoms with E-state index >= 15 is 0 Å². The third-order valence-corrected chi connectivity index (χ3v) is 5.31. The Bertz CT molecular complexity index is 766. The quantitative estimate of drug-likeness (QED) is 0.815. The molecule has 0 saturated carbocycles. The van der Waals surface area contributed by atoms with Gasteiger partial charge in [0.15, 0.2) is 0 Å². The molecule has 0 saturated heterocycles. The third kappa shape index (κ3) is 3.36. The molecule has 0 radical (unpaired) electrons. The van der Waals surface area contributed by atoms with Crippen molar-refractivity contribution in [2.45, 2.75) is 11.8 Å². The number of aromatic nitrogens is 1. The van der Waals surface area contributed by atoms with Crippen molar-refractivity contribution in [2.24, 2.45) is 0 Å². The lowest BCUT2D eigenvalue weighted by molar-refractivity contribution is 0.593. The van der Waals surface area contributed by atoms with Crippen LogP contribution in [0.4, 0.5) is 10.2 Å². The van der Waals surface area contributed by atoms with Gasteiger partial charge in [-0.15, -0.1) is 0 Å². The van der Waals surface area contributed by atoms with Gasteiger partial charge in [-0.25, -0.2) is 17.8 Å². The third-order valence-electron chi connectivity index (χ3n) is 2.49. The number of rotatable bonds is 3. The normalized spacial score (nSPS) is 11.4. The molecule has 0 bridgehead atoms. The molecule has 2 rings (SSSR count). The summed E-state index contributed by atoms with van der Waals surface area (Å²) in [6.45, 7) is 1.81. The van der Waals surface area contributed by atoms with Crippen LogP contribution in [0.5, 0.6) is 0 Å². The molecule has 1 aromatic heterocycles. The molecule has 0 atom stereocenters. The Morgan fingerprint density at radius 2 is 1.90 bits per heavy atom. The van der Waals surface area contributed by atoms with Crippen LogP contribution in [0, 0.1) is 12.7 Å². The van der Waals surface area contributed by atoms with Gasteiger partial charge in [0.2, 0.25) is 0 Å². The van der Waals surface area contributed by atoms with Crippen molar-refractivity contribution in [2.75, 3.05) is 4.72 Å². The van der Waals surface area contributed by atoms with Crippen molar-refractivity contribution in [3.63, 3.8) is 0 Å². The topological polar surface area (TPSA) is 59.1 Å². The molecule has 4 nitrogen and oxygen atoms in total. The van der Waals surface area contributed by atoms with Gasteiger partial charge in [-0.2, -0.15) is 0 Å². The molecule has 0 aliphatic carbocycles. The summed E-state index contributed by atoms with van der Waals surface area (Å²) >= 11 is 6.25. The van der Waals surface area contributed by atoms with Crippen molar-refractivity contribution in [3.05, 3.63) is 50.8 Å².